The van der Waals surface area contributed by atoms with E-state index in [1.54, 1.807) is 50.6 Å². The first kappa shape index (κ1) is 21.0. The number of methoxy groups -OCH3 is 2. The molecule has 0 aromatic heterocycles. The summed E-state index contributed by atoms with van der Waals surface area (Å²) in [5.41, 5.74) is 2.48. The van der Waals surface area contributed by atoms with Gasteiger partial charge in [-0.2, -0.15) is 0 Å². The van der Waals surface area contributed by atoms with Crippen LogP contribution in [-0.4, -0.2) is 24.4 Å². The third kappa shape index (κ3) is 5.43. The van der Waals surface area contributed by atoms with E-state index in [2.05, 4.69) is 23.7 Å². The summed E-state index contributed by atoms with van der Waals surface area (Å²) < 4.78 is 10.4. The van der Waals surface area contributed by atoms with Crippen LogP contribution in [0.2, 0.25) is 0 Å². The normalized spacial score (nSPS) is 11.9. The molecule has 0 saturated heterocycles. The molecule has 0 bridgehead atoms. The van der Waals surface area contributed by atoms with Crippen LogP contribution in [0.5, 0.6) is 11.5 Å². The van der Waals surface area contributed by atoms with E-state index in [9.17, 15) is 10.2 Å². The molecule has 0 saturated carbocycles. The zero-order valence-electron chi connectivity index (χ0n) is 16.8. The summed E-state index contributed by atoms with van der Waals surface area (Å²) in [6, 6.07) is 21.6. The molecule has 0 heterocycles. The molecule has 0 aliphatic heterocycles. The monoisotopic (exact) mass is 398 g/mol. The maximum atomic E-state index is 10.6. The maximum absolute atomic E-state index is 10.6. The van der Waals surface area contributed by atoms with Gasteiger partial charge in [-0.3, -0.25) is 0 Å². The smallest absolute Gasteiger partial charge is 0.141 e. The van der Waals surface area contributed by atoms with Gasteiger partial charge in [-0.15, -0.1) is 0 Å². The van der Waals surface area contributed by atoms with Crippen molar-refractivity contribution in [3.63, 3.8) is 0 Å². The molecule has 0 fully saturated rings. The molecule has 2 unspecified atom stereocenters. The minimum absolute atomic E-state index is 0.514. The van der Waals surface area contributed by atoms with Crippen LogP contribution in [0.25, 0.3) is 0 Å². The quantitative estimate of drug-likeness (QED) is 0.655. The lowest BCUT2D eigenvalue weighted by Gasteiger charge is -2.13. The van der Waals surface area contributed by atoms with Crippen LogP contribution < -0.4 is 9.47 Å². The highest BCUT2D eigenvalue weighted by atomic mass is 16.5. The third-order valence-electron chi connectivity index (χ3n) is 4.43. The lowest BCUT2D eigenvalue weighted by atomic mass is 9.98. The van der Waals surface area contributed by atoms with E-state index in [4.69, 9.17) is 9.47 Å². The van der Waals surface area contributed by atoms with Gasteiger partial charge in [0.15, 0.2) is 0 Å². The van der Waals surface area contributed by atoms with Crippen LogP contribution in [0, 0.1) is 23.7 Å². The molecule has 4 nitrogen and oxygen atoms in total. The van der Waals surface area contributed by atoms with E-state index in [1.807, 2.05) is 36.4 Å². The highest BCUT2D eigenvalue weighted by Gasteiger charge is 2.14. The number of ether oxygens (including phenoxy) is 2. The maximum Gasteiger partial charge on any atom is 0.141 e. The number of aliphatic hydroxyl groups is 2. The van der Waals surface area contributed by atoms with Gasteiger partial charge < -0.3 is 19.7 Å². The molecule has 0 amide bonds. The fraction of sp³-hybridized carbons (Fsp3) is 0.154. The Hall–Kier alpha value is -3.70. The van der Waals surface area contributed by atoms with Gasteiger partial charge >= 0.3 is 0 Å². The van der Waals surface area contributed by atoms with E-state index < -0.39 is 12.2 Å². The number of benzene rings is 3. The Labute approximate surface area is 176 Å². The van der Waals surface area contributed by atoms with E-state index in [0.717, 1.165) is 11.1 Å². The number of rotatable bonds is 4. The second kappa shape index (κ2) is 10.2. The Morgan fingerprint density at radius 1 is 0.633 bits per heavy atom. The summed E-state index contributed by atoms with van der Waals surface area (Å²) in [7, 11) is 3.18. The van der Waals surface area contributed by atoms with Crippen molar-refractivity contribution in [1.82, 2.24) is 0 Å². The molecular weight excluding hydrogens is 376 g/mol. The number of hydrogen-bond donors (Lipinski definition) is 2. The molecule has 4 heteroatoms. The Morgan fingerprint density at radius 3 is 1.47 bits per heavy atom. The summed E-state index contributed by atoms with van der Waals surface area (Å²) >= 11 is 0. The van der Waals surface area contributed by atoms with E-state index in [-0.39, 0.29) is 0 Å². The van der Waals surface area contributed by atoms with Crippen LogP contribution in [0.4, 0.5) is 0 Å². The van der Waals surface area contributed by atoms with Gasteiger partial charge in [-0.1, -0.05) is 60.1 Å². The standard InChI is InChI=1S/C26H22O4/c1-29-21-9-5-7-19(17-21)13-15-25(27)23-11-3-4-12-24(23)26(28)16-14-20-8-6-10-22(18-20)30-2/h3-12,17-18,25-28H,1-2H3. The lowest BCUT2D eigenvalue weighted by Crippen LogP contribution is -2.04. The summed E-state index contributed by atoms with van der Waals surface area (Å²) in [5, 5.41) is 21.2. The van der Waals surface area contributed by atoms with Crippen molar-refractivity contribution < 1.29 is 19.7 Å². The van der Waals surface area contributed by atoms with Crippen LogP contribution in [0.3, 0.4) is 0 Å². The molecule has 3 aromatic carbocycles. The summed E-state index contributed by atoms with van der Waals surface area (Å²) in [6.45, 7) is 0. The van der Waals surface area contributed by atoms with E-state index in [0.29, 0.717) is 22.6 Å². The predicted octanol–water partition coefficient (Wildman–Crippen LogP) is 3.87. The number of hydrogen-bond acceptors (Lipinski definition) is 4. The van der Waals surface area contributed by atoms with E-state index in [1.165, 1.54) is 0 Å². The van der Waals surface area contributed by atoms with Crippen molar-refractivity contribution in [2.24, 2.45) is 0 Å². The Kier molecular flexibility index (Phi) is 7.14. The van der Waals surface area contributed by atoms with Gasteiger partial charge in [0, 0.05) is 11.1 Å². The molecule has 0 radical (unpaired) electrons. The van der Waals surface area contributed by atoms with Crippen molar-refractivity contribution >= 4 is 0 Å². The predicted molar refractivity (Wildman–Crippen MR) is 116 cm³/mol. The first-order chi connectivity index (χ1) is 14.6. The molecule has 0 aliphatic carbocycles. The second-order valence-corrected chi connectivity index (χ2v) is 6.44. The van der Waals surface area contributed by atoms with Crippen molar-refractivity contribution in [2.45, 2.75) is 12.2 Å². The highest BCUT2D eigenvalue weighted by molar-refractivity contribution is 5.45. The third-order valence-corrected chi connectivity index (χ3v) is 4.43. The zero-order chi connectivity index (χ0) is 21.3. The minimum atomic E-state index is -1.07. The largest absolute Gasteiger partial charge is 0.497 e. The Morgan fingerprint density at radius 2 is 1.07 bits per heavy atom. The summed E-state index contributed by atoms with van der Waals surface area (Å²) in [6.07, 6.45) is -2.14. The van der Waals surface area contributed by atoms with Crippen LogP contribution in [0.1, 0.15) is 34.5 Å². The summed E-state index contributed by atoms with van der Waals surface area (Å²) in [4.78, 5) is 0. The van der Waals surface area contributed by atoms with Gasteiger partial charge in [0.05, 0.1) is 14.2 Å². The van der Waals surface area contributed by atoms with E-state index >= 15 is 0 Å². The highest BCUT2D eigenvalue weighted by Crippen LogP contribution is 2.24. The summed E-state index contributed by atoms with van der Waals surface area (Å²) in [5.74, 6) is 12.9. The van der Waals surface area contributed by atoms with Gasteiger partial charge in [0.25, 0.3) is 0 Å². The van der Waals surface area contributed by atoms with Crippen molar-refractivity contribution in [1.29, 1.82) is 0 Å². The molecule has 3 aromatic rings. The molecule has 2 atom stereocenters. The topological polar surface area (TPSA) is 58.9 Å². The van der Waals surface area contributed by atoms with Crippen LogP contribution in [-0.2, 0) is 0 Å². The van der Waals surface area contributed by atoms with Gasteiger partial charge in [-0.05, 0) is 47.5 Å². The number of aliphatic hydroxyl groups excluding tert-OH is 2. The first-order valence-corrected chi connectivity index (χ1v) is 9.37. The van der Waals surface area contributed by atoms with Crippen LogP contribution in [0.15, 0.2) is 72.8 Å². The molecule has 3 rings (SSSR count). The second-order valence-electron chi connectivity index (χ2n) is 6.44. The minimum Gasteiger partial charge on any atom is -0.497 e. The fourth-order valence-corrected chi connectivity index (χ4v) is 2.87. The first-order valence-electron chi connectivity index (χ1n) is 9.37. The van der Waals surface area contributed by atoms with Crippen molar-refractivity contribution in [3.8, 4) is 35.2 Å². The van der Waals surface area contributed by atoms with Crippen molar-refractivity contribution in [3.05, 3.63) is 95.1 Å². The molecule has 0 aliphatic rings. The SMILES string of the molecule is COc1cccc(C#CC(O)c2ccccc2C(O)C#Cc2cccc(OC)c2)c1. The van der Waals surface area contributed by atoms with Gasteiger partial charge in [0.1, 0.15) is 23.7 Å². The molecule has 2 N–H and O–H groups in total. The van der Waals surface area contributed by atoms with Crippen LogP contribution >= 0.6 is 0 Å². The van der Waals surface area contributed by atoms with Crippen molar-refractivity contribution in [2.75, 3.05) is 14.2 Å². The molecule has 0 spiro atoms. The average molecular weight is 398 g/mol. The average Bonchev–Trinajstić information content (AvgIpc) is 2.81. The van der Waals surface area contributed by atoms with Gasteiger partial charge in [-0.25, -0.2) is 0 Å². The Bertz CT molecular complexity index is 1040. The lowest BCUT2D eigenvalue weighted by molar-refractivity contribution is 0.215. The van der Waals surface area contributed by atoms with Gasteiger partial charge in [0.2, 0.25) is 0 Å². The molecule has 30 heavy (non-hydrogen) atoms. The Balaban J connectivity index is 1.83. The fourth-order valence-electron chi connectivity index (χ4n) is 2.87. The zero-order valence-corrected chi connectivity index (χ0v) is 16.8. The molecule has 150 valence electrons. The molecular formula is C26H22O4.